The van der Waals surface area contributed by atoms with E-state index < -0.39 is 0 Å². The molecular formula is C94H71BClN5O2. The molecule has 0 spiro atoms. The highest BCUT2D eigenvalue weighted by Gasteiger charge is 2.51. The molecule has 1 aliphatic rings. The molecule has 4 aromatic heterocycles. The maximum atomic E-state index is 6.95. The van der Waals surface area contributed by atoms with Gasteiger partial charge in [-0.1, -0.05) is 266 Å². The molecule has 14 aromatic carbocycles. The summed E-state index contributed by atoms with van der Waals surface area (Å²) in [6.07, 6.45) is 7.37. The highest BCUT2D eigenvalue weighted by atomic mass is 35.5. The highest BCUT2D eigenvalue weighted by Crippen LogP contribution is 2.44. The molecule has 1 aliphatic heterocycles. The van der Waals surface area contributed by atoms with E-state index in [9.17, 15) is 0 Å². The molecule has 494 valence electrons. The Hall–Kier alpha value is -12.0. The van der Waals surface area contributed by atoms with E-state index in [-0.39, 0.29) is 24.5 Å². The first-order valence-electron chi connectivity index (χ1n) is 34.6. The minimum absolute atomic E-state index is 0. The number of nitrogens with zero attached hydrogens (tertiary/aromatic N) is 4. The van der Waals surface area contributed by atoms with Crippen molar-refractivity contribution < 1.29 is 9.31 Å². The van der Waals surface area contributed by atoms with Gasteiger partial charge in [-0.05, 0) is 203 Å². The minimum Gasteiger partial charge on any atom is -0.399 e. The average Bonchev–Trinajstić information content (AvgIpc) is 1.41. The Labute approximate surface area is 604 Å². The van der Waals surface area contributed by atoms with Gasteiger partial charge in [0.05, 0.1) is 38.6 Å². The number of hydrogen-bond donors (Lipinski definition) is 1. The molecule has 103 heavy (non-hydrogen) atoms. The normalized spacial score (nSPS) is 13.1. The van der Waals surface area contributed by atoms with Crippen LogP contribution in [0.1, 0.15) is 27.7 Å². The van der Waals surface area contributed by atoms with Gasteiger partial charge in [-0.25, -0.2) is 9.97 Å². The molecule has 0 amide bonds. The van der Waals surface area contributed by atoms with Crippen molar-refractivity contribution in [3.63, 3.8) is 0 Å². The van der Waals surface area contributed by atoms with Gasteiger partial charge in [-0.3, -0.25) is 9.97 Å². The number of hydrogen-bond acceptors (Lipinski definition) is 7. The van der Waals surface area contributed by atoms with Crippen LogP contribution in [-0.4, -0.2) is 38.3 Å². The first-order chi connectivity index (χ1) is 49.9. The van der Waals surface area contributed by atoms with E-state index in [2.05, 4.69) is 335 Å². The lowest BCUT2D eigenvalue weighted by Crippen LogP contribution is -2.41. The van der Waals surface area contributed by atoms with Gasteiger partial charge in [0.2, 0.25) is 0 Å². The van der Waals surface area contributed by atoms with Crippen molar-refractivity contribution in [1.82, 2.24) is 26.1 Å². The molecule has 0 radical (unpaired) electrons. The van der Waals surface area contributed by atoms with E-state index in [0.29, 0.717) is 5.02 Å². The van der Waals surface area contributed by atoms with Crippen LogP contribution in [0.2, 0.25) is 5.02 Å². The maximum absolute atomic E-state index is 6.95. The number of fused-ring (bicyclic) bond motifs is 10. The monoisotopic (exact) mass is 1350 g/mol. The molecule has 0 unspecified atom stereocenters. The second kappa shape index (κ2) is 27.5. The van der Waals surface area contributed by atoms with Crippen LogP contribution < -0.4 is 11.6 Å². The molecule has 1 saturated heterocycles. The van der Waals surface area contributed by atoms with Gasteiger partial charge in [0.25, 0.3) is 0 Å². The second-order valence-electron chi connectivity index (χ2n) is 27.3. The van der Waals surface area contributed by atoms with Crippen LogP contribution in [0.5, 0.6) is 0 Å². The average molecular weight is 1350 g/mol. The molecule has 0 aliphatic carbocycles. The lowest BCUT2D eigenvalue weighted by Gasteiger charge is -2.32. The summed E-state index contributed by atoms with van der Waals surface area (Å²) in [6.45, 7) is 8.27. The third kappa shape index (κ3) is 12.8. The molecule has 5 heterocycles. The van der Waals surface area contributed by atoms with Crippen LogP contribution in [0.3, 0.4) is 0 Å². The Morgan fingerprint density at radius 2 is 0.621 bits per heavy atom. The SMILES string of the molecule is CC1(C)OB(c2ccc(-c3cccnc3)cc2)OC1(C)C.Clc1cc(-c2ccc3ccccc3c2)nc2c1cc(-c1ccc3ccccc3c1)c1ccccc12.N.c1cncc(-c2ccc(-c3cc(-c4ccc5ccccc5c4)nc4c3cc(-c3ccc5ccccc5c3)c3ccccc34)cc2)c1. The standard InChI is InChI=1S/C44H28N2.C33H20ClN.C17H20BNO2.H3N/c1-3-10-33-24-35(21-17-29(33)8-1)40-26-42-41(32-19-15-31(16-20-32)37-12-7-23-45-28-37)27-43(46-44(42)39-14-6-5-13-38(39)40)36-22-18-30-9-2-4-11-34(30)25-36;34-31-20-32(26-16-14-22-8-2-4-10-24(22)18-26)35-33-28-12-6-5-11-27(28)29(19-30(31)33)25-15-13-21-7-1-3-9-23(21)17-25;1-16(2)17(3,4)21-18(20-16)15-9-7-13(8-10-15)14-6-5-11-19-12-14;/h1-28H;1-20H;5-12H,1-4H3;1H3. The van der Waals surface area contributed by atoms with Crippen LogP contribution in [-0.2, 0) is 9.31 Å². The van der Waals surface area contributed by atoms with Crippen LogP contribution in [0.15, 0.2) is 340 Å². The molecule has 9 heteroatoms. The van der Waals surface area contributed by atoms with Gasteiger partial charge in [0, 0.05) is 57.5 Å². The van der Waals surface area contributed by atoms with E-state index in [1.54, 1.807) is 6.20 Å². The van der Waals surface area contributed by atoms with Gasteiger partial charge in [0.1, 0.15) is 0 Å². The van der Waals surface area contributed by atoms with Crippen LogP contribution >= 0.6 is 11.6 Å². The van der Waals surface area contributed by atoms with E-state index in [0.717, 1.165) is 88.4 Å². The largest absolute Gasteiger partial charge is 0.494 e. The molecule has 0 saturated carbocycles. The van der Waals surface area contributed by atoms with Gasteiger partial charge in [0.15, 0.2) is 0 Å². The Morgan fingerprint density at radius 3 is 1.06 bits per heavy atom. The van der Waals surface area contributed by atoms with Crippen molar-refractivity contribution in [2.45, 2.75) is 38.9 Å². The van der Waals surface area contributed by atoms with Gasteiger partial charge in [-0.2, -0.15) is 0 Å². The van der Waals surface area contributed by atoms with Gasteiger partial charge >= 0.3 is 7.12 Å². The quantitative estimate of drug-likeness (QED) is 0.119. The molecule has 7 nitrogen and oxygen atoms in total. The van der Waals surface area contributed by atoms with Crippen molar-refractivity contribution in [2.75, 3.05) is 0 Å². The van der Waals surface area contributed by atoms with E-state index >= 15 is 0 Å². The summed E-state index contributed by atoms with van der Waals surface area (Å²) in [4.78, 5) is 19.0. The molecule has 0 atom stereocenters. The molecule has 19 rings (SSSR count). The fraction of sp³-hybridized carbons (Fsp3) is 0.0638. The van der Waals surface area contributed by atoms with Gasteiger partial charge < -0.3 is 15.5 Å². The summed E-state index contributed by atoms with van der Waals surface area (Å²) >= 11 is 6.95. The number of aromatic nitrogens is 4. The molecule has 1 fully saturated rings. The molecular weight excluding hydrogens is 1280 g/mol. The number of pyridine rings is 4. The number of benzene rings is 14. The third-order valence-corrected chi connectivity index (χ3v) is 20.7. The number of rotatable bonds is 8. The summed E-state index contributed by atoms with van der Waals surface area (Å²) in [5.74, 6) is 0. The Balaban J connectivity index is 0.000000127. The van der Waals surface area contributed by atoms with Crippen molar-refractivity contribution in [2.24, 2.45) is 0 Å². The van der Waals surface area contributed by atoms with E-state index in [1.807, 2.05) is 36.8 Å². The van der Waals surface area contributed by atoms with Crippen molar-refractivity contribution in [3.05, 3.63) is 345 Å². The minimum atomic E-state index is -0.307. The van der Waals surface area contributed by atoms with Crippen LogP contribution in [0.25, 0.3) is 165 Å². The Kier molecular flexibility index (Phi) is 17.5. The van der Waals surface area contributed by atoms with Crippen LogP contribution in [0.4, 0.5) is 0 Å². The van der Waals surface area contributed by atoms with E-state index in [1.165, 1.54) is 81.7 Å². The maximum Gasteiger partial charge on any atom is 0.494 e. The van der Waals surface area contributed by atoms with Crippen molar-refractivity contribution in [1.29, 1.82) is 0 Å². The molecule has 3 N–H and O–H groups in total. The Bertz CT molecular complexity index is 6210. The lowest BCUT2D eigenvalue weighted by atomic mass is 9.78. The van der Waals surface area contributed by atoms with Crippen LogP contribution in [0, 0.1) is 0 Å². The summed E-state index contributed by atoms with van der Waals surface area (Å²) in [5.41, 5.74) is 18.0. The lowest BCUT2D eigenvalue weighted by molar-refractivity contribution is 0.00578. The smallest absolute Gasteiger partial charge is 0.399 e. The third-order valence-electron chi connectivity index (χ3n) is 20.4. The summed E-state index contributed by atoms with van der Waals surface area (Å²) in [5, 5.41) is 17.2. The summed E-state index contributed by atoms with van der Waals surface area (Å²) in [6, 6.07) is 112. The second-order valence-corrected chi connectivity index (χ2v) is 27.7. The number of halogens is 1. The molecule has 18 aromatic rings. The fourth-order valence-corrected chi connectivity index (χ4v) is 14.5. The van der Waals surface area contributed by atoms with Crippen molar-refractivity contribution >= 4 is 111 Å². The zero-order chi connectivity index (χ0) is 68.9. The Morgan fingerprint density at radius 1 is 0.282 bits per heavy atom. The predicted molar refractivity (Wildman–Crippen MR) is 434 cm³/mol. The fourth-order valence-electron chi connectivity index (χ4n) is 14.2. The first-order valence-corrected chi connectivity index (χ1v) is 35.0. The zero-order valence-electron chi connectivity index (χ0n) is 57.6. The van der Waals surface area contributed by atoms with Crippen molar-refractivity contribution in [3.8, 4) is 78.1 Å². The topological polar surface area (TPSA) is 105 Å². The van der Waals surface area contributed by atoms with Gasteiger partial charge in [-0.15, -0.1) is 0 Å². The highest BCUT2D eigenvalue weighted by molar-refractivity contribution is 6.62. The summed E-state index contributed by atoms with van der Waals surface area (Å²) in [7, 11) is -0.307. The molecule has 0 bridgehead atoms. The predicted octanol–water partition coefficient (Wildman–Crippen LogP) is 24.6. The summed E-state index contributed by atoms with van der Waals surface area (Å²) < 4.78 is 12.1. The zero-order valence-corrected chi connectivity index (χ0v) is 58.4. The first kappa shape index (κ1) is 65.6. The van der Waals surface area contributed by atoms with E-state index in [4.69, 9.17) is 30.9 Å².